The van der Waals surface area contributed by atoms with Crippen molar-refractivity contribution >= 4 is 28.9 Å². The third-order valence-electron chi connectivity index (χ3n) is 6.27. The fraction of sp³-hybridized carbons (Fsp3) is 0.379. The normalized spacial score (nSPS) is 21.6. The van der Waals surface area contributed by atoms with E-state index in [1.165, 1.54) is 7.11 Å². The highest BCUT2D eigenvalue weighted by Gasteiger charge is 2.52. The van der Waals surface area contributed by atoms with Gasteiger partial charge in [-0.2, -0.15) is 0 Å². The number of carbonyl (C=O) groups is 3. The van der Waals surface area contributed by atoms with Crippen LogP contribution >= 0.6 is 0 Å². The summed E-state index contributed by atoms with van der Waals surface area (Å²) in [7, 11) is 1.48. The zero-order valence-corrected chi connectivity index (χ0v) is 23.5. The Hall–Kier alpha value is -4.56. The molecule has 230 valence electrons. The molecule has 12 nitrogen and oxygen atoms in total. The van der Waals surface area contributed by atoms with Crippen LogP contribution in [-0.4, -0.2) is 62.3 Å². The summed E-state index contributed by atoms with van der Waals surface area (Å²) in [6.45, 7) is 2.36. The van der Waals surface area contributed by atoms with Crippen LogP contribution in [0.5, 0.6) is 11.5 Å². The van der Waals surface area contributed by atoms with E-state index in [9.17, 15) is 28.0 Å². The molecule has 0 radical (unpaired) electrons. The van der Waals surface area contributed by atoms with Crippen LogP contribution in [0, 0.1) is 11.6 Å². The van der Waals surface area contributed by atoms with Crippen LogP contribution in [0.3, 0.4) is 0 Å². The van der Waals surface area contributed by atoms with Crippen LogP contribution in [0.2, 0.25) is 0 Å². The Kier molecular flexibility index (Phi) is 9.93. The van der Waals surface area contributed by atoms with Crippen LogP contribution in [0.25, 0.3) is 11.0 Å². The van der Waals surface area contributed by atoms with Gasteiger partial charge in [-0.1, -0.05) is 0 Å². The lowest BCUT2D eigenvalue weighted by Crippen LogP contribution is -2.63. The molecule has 1 fully saturated rings. The molecule has 1 aliphatic heterocycles. The summed E-state index contributed by atoms with van der Waals surface area (Å²) >= 11 is 0. The second-order valence-electron chi connectivity index (χ2n) is 9.39. The van der Waals surface area contributed by atoms with Gasteiger partial charge in [0, 0.05) is 20.8 Å². The number of hydrogen-bond acceptors (Lipinski definition) is 12. The van der Waals surface area contributed by atoms with Crippen molar-refractivity contribution in [2.75, 3.05) is 13.7 Å². The van der Waals surface area contributed by atoms with E-state index in [0.717, 1.165) is 39.0 Å². The number of carbonyl (C=O) groups excluding carboxylic acids is 3. The van der Waals surface area contributed by atoms with E-state index in [4.69, 9.17) is 37.6 Å². The van der Waals surface area contributed by atoms with Gasteiger partial charge in [-0.05, 0) is 42.5 Å². The minimum absolute atomic E-state index is 0.191. The minimum atomic E-state index is -1.42. The van der Waals surface area contributed by atoms with Gasteiger partial charge in [0.05, 0.1) is 24.7 Å². The molecule has 0 N–H and O–H groups in total. The predicted molar refractivity (Wildman–Crippen MR) is 141 cm³/mol. The maximum atomic E-state index is 14.4. The second-order valence-corrected chi connectivity index (χ2v) is 9.39. The standard InChI is InChI=1S/C29H28F2O12/c1-14(32)37-13-23-25(39-15(2)33)26(38-12-17-11-20-22(42-28(17)35)10-9-21(30)24(20)31)27(40-16(3)34)29(43-23)41-19-7-5-18(36-4)6-8-19/h5-11,23,25-27,29H,12-13H2,1-4H3/t23-,25+,26+,27-,29-/m1/s1. The third-order valence-corrected chi connectivity index (χ3v) is 6.27. The van der Waals surface area contributed by atoms with Crippen molar-refractivity contribution in [3.05, 3.63) is 70.1 Å². The van der Waals surface area contributed by atoms with Crippen LogP contribution in [0.15, 0.2) is 51.7 Å². The highest BCUT2D eigenvalue weighted by Crippen LogP contribution is 2.32. The molecule has 0 spiro atoms. The first kappa shape index (κ1) is 31.4. The van der Waals surface area contributed by atoms with Gasteiger partial charge in [0.15, 0.2) is 23.8 Å². The van der Waals surface area contributed by atoms with Crippen molar-refractivity contribution in [2.24, 2.45) is 0 Å². The van der Waals surface area contributed by atoms with Gasteiger partial charge in [0.2, 0.25) is 6.29 Å². The lowest BCUT2D eigenvalue weighted by molar-refractivity contribution is -0.294. The minimum Gasteiger partial charge on any atom is -0.497 e. The lowest BCUT2D eigenvalue weighted by atomic mass is 9.98. The molecule has 0 saturated carbocycles. The Morgan fingerprint density at radius 2 is 1.51 bits per heavy atom. The SMILES string of the molecule is COc1ccc(O[C@@H]2O[C@H](COC(C)=O)[C@H](OC(C)=O)[C@H](OCc3cc4c(F)c(F)ccc4oc3=O)[C@H]2OC(C)=O)cc1. The van der Waals surface area contributed by atoms with E-state index < -0.39 is 79.1 Å². The van der Waals surface area contributed by atoms with E-state index in [0.29, 0.717) is 5.75 Å². The number of halogens is 2. The predicted octanol–water partition coefficient (Wildman–Crippen LogP) is 3.20. The molecule has 0 unspecified atom stereocenters. The number of rotatable bonds is 10. The zero-order chi connectivity index (χ0) is 31.3. The maximum Gasteiger partial charge on any atom is 0.341 e. The van der Waals surface area contributed by atoms with Crippen molar-refractivity contribution in [1.29, 1.82) is 0 Å². The number of hydrogen-bond donors (Lipinski definition) is 0. The molecule has 5 atom stereocenters. The molecule has 3 aromatic rings. The van der Waals surface area contributed by atoms with Crippen molar-refractivity contribution in [3.63, 3.8) is 0 Å². The Labute approximate surface area is 243 Å². The Balaban J connectivity index is 1.73. The first-order chi connectivity index (χ1) is 20.5. The topological polar surface area (TPSA) is 146 Å². The Morgan fingerprint density at radius 3 is 2.14 bits per heavy atom. The molecular formula is C29H28F2O12. The van der Waals surface area contributed by atoms with Gasteiger partial charge in [-0.25, -0.2) is 13.6 Å². The molecule has 1 aromatic heterocycles. The number of fused-ring (bicyclic) bond motifs is 1. The van der Waals surface area contributed by atoms with Gasteiger partial charge >= 0.3 is 23.5 Å². The fourth-order valence-electron chi connectivity index (χ4n) is 4.39. The number of esters is 3. The van der Waals surface area contributed by atoms with Gasteiger partial charge in [0.1, 0.15) is 35.9 Å². The van der Waals surface area contributed by atoms with Gasteiger partial charge in [-0.15, -0.1) is 0 Å². The molecule has 2 aromatic carbocycles. The fourth-order valence-corrected chi connectivity index (χ4v) is 4.39. The summed E-state index contributed by atoms with van der Waals surface area (Å²) in [5.74, 6) is -3.84. The summed E-state index contributed by atoms with van der Waals surface area (Å²) in [4.78, 5) is 48.6. The summed E-state index contributed by atoms with van der Waals surface area (Å²) in [6, 6.07) is 9.29. The first-order valence-electron chi connectivity index (χ1n) is 12.9. The summed E-state index contributed by atoms with van der Waals surface area (Å²) in [6.07, 6.45) is -6.78. The lowest BCUT2D eigenvalue weighted by Gasteiger charge is -2.44. The van der Waals surface area contributed by atoms with Crippen LogP contribution < -0.4 is 15.1 Å². The molecule has 0 bridgehead atoms. The quantitative estimate of drug-likeness (QED) is 0.190. The Morgan fingerprint density at radius 1 is 0.860 bits per heavy atom. The molecule has 2 heterocycles. The van der Waals surface area contributed by atoms with Crippen molar-refractivity contribution in [1.82, 2.24) is 0 Å². The molecule has 1 saturated heterocycles. The third kappa shape index (κ3) is 7.64. The molecule has 14 heteroatoms. The van der Waals surface area contributed by atoms with Gasteiger partial charge in [-0.3, -0.25) is 14.4 Å². The van der Waals surface area contributed by atoms with E-state index in [2.05, 4.69) is 0 Å². The molecule has 0 amide bonds. The van der Waals surface area contributed by atoms with Gasteiger partial charge < -0.3 is 37.6 Å². The summed E-state index contributed by atoms with van der Waals surface area (Å²) in [5, 5.41) is -0.313. The van der Waals surface area contributed by atoms with E-state index in [1.807, 2.05) is 0 Å². The molecule has 1 aliphatic rings. The first-order valence-corrected chi connectivity index (χ1v) is 12.9. The summed E-state index contributed by atoms with van der Waals surface area (Å²) < 4.78 is 72.6. The smallest absolute Gasteiger partial charge is 0.341 e. The van der Waals surface area contributed by atoms with Crippen LogP contribution in [-0.2, 0) is 44.7 Å². The van der Waals surface area contributed by atoms with Gasteiger partial charge in [0.25, 0.3) is 0 Å². The molecule has 4 rings (SSSR count). The van der Waals surface area contributed by atoms with Crippen molar-refractivity contribution < 1.29 is 60.7 Å². The average Bonchev–Trinajstić information content (AvgIpc) is 2.95. The zero-order valence-electron chi connectivity index (χ0n) is 23.5. The number of ether oxygens (including phenoxy) is 7. The number of methoxy groups -OCH3 is 1. The highest BCUT2D eigenvalue weighted by molar-refractivity contribution is 5.77. The second kappa shape index (κ2) is 13.6. The van der Waals surface area contributed by atoms with E-state index in [-0.39, 0.29) is 22.3 Å². The van der Waals surface area contributed by atoms with E-state index in [1.54, 1.807) is 24.3 Å². The van der Waals surface area contributed by atoms with Crippen LogP contribution in [0.4, 0.5) is 8.78 Å². The monoisotopic (exact) mass is 606 g/mol. The highest BCUT2D eigenvalue weighted by atomic mass is 19.2. The molecule has 0 aliphatic carbocycles. The van der Waals surface area contributed by atoms with E-state index >= 15 is 0 Å². The molecular weight excluding hydrogens is 578 g/mol. The molecule has 43 heavy (non-hydrogen) atoms. The van der Waals surface area contributed by atoms with Crippen LogP contribution in [0.1, 0.15) is 26.3 Å². The largest absolute Gasteiger partial charge is 0.497 e. The van der Waals surface area contributed by atoms with Crippen molar-refractivity contribution in [3.8, 4) is 11.5 Å². The Bertz CT molecular complexity index is 1540. The summed E-state index contributed by atoms with van der Waals surface area (Å²) in [5.41, 5.74) is -1.33. The maximum absolute atomic E-state index is 14.4. The van der Waals surface area contributed by atoms with Crippen molar-refractivity contribution in [2.45, 2.75) is 58.1 Å². The average molecular weight is 607 g/mol. The number of benzene rings is 2.